The molecule has 0 N–H and O–H groups in total. The number of carbonyl (C=O) groups excluding carboxylic acids is 1. The van der Waals surface area contributed by atoms with Crippen LogP contribution < -0.4 is 0 Å². The first-order chi connectivity index (χ1) is 12.8. The van der Waals surface area contributed by atoms with E-state index in [1.807, 2.05) is 6.92 Å². The third-order valence-electron chi connectivity index (χ3n) is 4.56. The lowest BCUT2D eigenvalue weighted by Gasteiger charge is -2.22. The molecule has 0 unspecified atom stereocenters. The molecule has 3 rings (SSSR count). The number of hydrogen-bond acceptors (Lipinski definition) is 3. The van der Waals surface area contributed by atoms with Crippen molar-refractivity contribution in [2.45, 2.75) is 18.2 Å². The zero-order valence-corrected chi connectivity index (χ0v) is 17.2. The van der Waals surface area contributed by atoms with E-state index < -0.39 is 10.0 Å². The molecular formula is C19H20Cl2N2O3S. The molecule has 0 bridgehead atoms. The van der Waals surface area contributed by atoms with E-state index in [1.165, 1.54) is 10.4 Å². The van der Waals surface area contributed by atoms with Gasteiger partial charge >= 0.3 is 0 Å². The maximum Gasteiger partial charge on any atom is 0.255 e. The fraction of sp³-hybridized carbons (Fsp3) is 0.316. The second-order valence-corrected chi connectivity index (χ2v) is 9.27. The van der Waals surface area contributed by atoms with Crippen molar-refractivity contribution in [1.82, 2.24) is 9.21 Å². The van der Waals surface area contributed by atoms with Gasteiger partial charge in [0.15, 0.2) is 0 Å². The number of benzene rings is 2. The Balaban J connectivity index is 1.75. The van der Waals surface area contributed by atoms with Gasteiger partial charge in [0, 0.05) is 31.2 Å². The Kier molecular flexibility index (Phi) is 6.11. The third-order valence-corrected chi connectivity index (χ3v) is 7.02. The summed E-state index contributed by atoms with van der Waals surface area (Å²) in [5, 5.41) is 0.753. The van der Waals surface area contributed by atoms with Gasteiger partial charge in [-0.1, -0.05) is 40.9 Å². The molecule has 144 valence electrons. The molecule has 27 heavy (non-hydrogen) atoms. The molecule has 1 aliphatic heterocycles. The van der Waals surface area contributed by atoms with Crippen molar-refractivity contribution in [3.8, 4) is 0 Å². The van der Waals surface area contributed by atoms with Crippen LogP contribution in [0.2, 0.25) is 10.0 Å². The highest BCUT2D eigenvalue weighted by atomic mass is 35.5. The summed E-state index contributed by atoms with van der Waals surface area (Å²) in [6.07, 6.45) is 0.558. The van der Waals surface area contributed by atoms with Crippen molar-refractivity contribution in [2.24, 2.45) is 0 Å². The van der Waals surface area contributed by atoms with E-state index in [9.17, 15) is 13.2 Å². The molecule has 1 fully saturated rings. The number of rotatable bonds is 3. The Bertz CT molecular complexity index is 946. The van der Waals surface area contributed by atoms with Crippen molar-refractivity contribution >= 4 is 39.1 Å². The summed E-state index contributed by atoms with van der Waals surface area (Å²) in [6.45, 7) is 3.30. The Morgan fingerprint density at radius 1 is 0.963 bits per heavy atom. The molecule has 1 heterocycles. The van der Waals surface area contributed by atoms with E-state index in [2.05, 4.69) is 0 Å². The van der Waals surface area contributed by atoms with Crippen molar-refractivity contribution in [3.05, 3.63) is 63.6 Å². The Morgan fingerprint density at radius 2 is 1.67 bits per heavy atom. The topological polar surface area (TPSA) is 57.7 Å². The van der Waals surface area contributed by atoms with Gasteiger partial charge in [-0.15, -0.1) is 0 Å². The lowest BCUT2D eigenvalue weighted by molar-refractivity contribution is 0.0764. The van der Waals surface area contributed by atoms with E-state index in [1.54, 1.807) is 41.3 Å². The second-order valence-electron chi connectivity index (χ2n) is 6.49. The molecule has 0 saturated carbocycles. The van der Waals surface area contributed by atoms with Crippen LogP contribution in [-0.4, -0.2) is 49.7 Å². The number of halogens is 2. The van der Waals surface area contributed by atoms with Crippen molar-refractivity contribution in [1.29, 1.82) is 0 Å². The first-order valence-electron chi connectivity index (χ1n) is 8.60. The molecule has 2 aromatic rings. The molecule has 5 nitrogen and oxygen atoms in total. The van der Waals surface area contributed by atoms with Gasteiger partial charge in [0.25, 0.3) is 5.91 Å². The van der Waals surface area contributed by atoms with Gasteiger partial charge in [0.2, 0.25) is 10.0 Å². The Labute approximate surface area is 169 Å². The first kappa shape index (κ1) is 20.1. The summed E-state index contributed by atoms with van der Waals surface area (Å²) >= 11 is 12.0. The Morgan fingerprint density at radius 3 is 2.33 bits per heavy atom. The lowest BCUT2D eigenvalue weighted by Crippen LogP contribution is -2.37. The molecule has 0 aromatic heterocycles. The highest BCUT2D eigenvalue weighted by Gasteiger charge is 2.29. The molecule has 1 saturated heterocycles. The van der Waals surface area contributed by atoms with Gasteiger partial charge in [-0.25, -0.2) is 8.42 Å². The van der Waals surface area contributed by atoms with Crippen LogP contribution in [0.4, 0.5) is 0 Å². The van der Waals surface area contributed by atoms with Crippen molar-refractivity contribution in [3.63, 3.8) is 0 Å². The third kappa shape index (κ3) is 4.46. The molecule has 2 aromatic carbocycles. The summed E-state index contributed by atoms with van der Waals surface area (Å²) in [7, 11) is -3.58. The maximum absolute atomic E-state index is 12.9. The van der Waals surface area contributed by atoms with E-state index in [4.69, 9.17) is 23.2 Å². The van der Waals surface area contributed by atoms with Gasteiger partial charge in [0.05, 0.1) is 15.5 Å². The van der Waals surface area contributed by atoms with Gasteiger partial charge in [-0.2, -0.15) is 4.31 Å². The molecule has 0 radical (unpaired) electrons. The largest absolute Gasteiger partial charge is 0.337 e. The number of hydrogen-bond donors (Lipinski definition) is 0. The van der Waals surface area contributed by atoms with Crippen LogP contribution in [-0.2, 0) is 10.0 Å². The number of carbonyl (C=O) groups is 1. The molecular weight excluding hydrogens is 407 g/mol. The number of nitrogens with zero attached hydrogens (tertiary/aromatic N) is 2. The van der Waals surface area contributed by atoms with E-state index in [-0.39, 0.29) is 17.3 Å². The number of amides is 1. The smallest absolute Gasteiger partial charge is 0.255 e. The quantitative estimate of drug-likeness (QED) is 0.748. The zero-order valence-electron chi connectivity index (χ0n) is 14.9. The summed E-state index contributed by atoms with van der Waals surface area (Å²) in [4.78, 5) is 14.7. The fourth-order valence-corrected chi connectivity index (χ4v) is 4.99. The molecule has 0 aliphatic carbocycles. The zero-order chi connectivity index (χ0) is 19.6. The standard InChI is InChI=1S/C19H20Cl2N2O3S/c1-14-3-6-16(7-4-14)27(25,26)23-10-2-9-22(11-12-23)19(24)17-8-5-15(20)13-18(17)21/h3-8,13H,2,9-12H2,1H3. The molecule has 8 heteroatoms. The van der Waals surface area contributed by atoms with Gasteiger partial charge in [-0.3, -0.25) is 4.79 Å². The molecule has 0 atom stereocenters. The highest BCUT2D eigenvalue weighted by Crippen LogP contribution is 2.24. The Hall–Kier alpha value is -1.60. The molecule has 0 spiro atoms. The number of aryl methyl sites for hydroxylation is 1. The van der Waals surface area contributed by atoms with Crippen LogP contribution in [0.3, 0.4) is 0 Å². The van der Waals surface area contributed by atoms with Crippen LogP contribution in [0.1, 0.15) is 22.3 Å². The minimum atomic E-state index is -3.58. The average molecular weight is 427 g/mol. The van der Waals surface area contributed by atoms with Crippen LogP contribution in [0.5, 0.6) is 0 Å². The van der Waals surface area contributed by atoms with Crippen LogP contribution >= 0.6 is 23.2 Å². The summed E-state index contributed by atoms with van der Waals surface area (Å²) < 4.78 is 27.2. The SMILES string of the molecule is Cc1ccc(S(=O)(=O)N2CCCN(C(=O)c3ccc(Cl)cc3Cl)CC2)cc1. The molecule has 1 amide bonds. The second kappa shape index (κ2) is 8.19. The minimum Gasteiger partial charge on any atom is -0.337 e. The van der Waals surface area contributed by atoms with Crippen LogP contribution in [0.15, 0.2) is 47.4 Å². The predicted molar refractivity (Wildman–Crippen MR) is 107 cm³/mol. The normalized spacial score (nSPS) is 16.2. The van der Waals surface area contributed by atoms with Crippen LogP contribution in [0, 0.1) is 6.92 Å². The predicted octanol–water partition coefficient (Wildman–Crippen LogP) is 3.84. The van der Waals surface area contributed by atoms with Crippen LogP contribution in [0.25, 0.3) is 0 Å². The van der Waals surface area contributed by atoms with Gasteiger partial charge < -0.3 is 4.90 Å². The van der Waals surface area contributed by atoms with E-state index in [0.29, 0.717) is 41.7 Å². The fourth-order valence-electron chi connectivity index (χ4n) is 3.03. The molecule has 1 aliphatic rings. The summed E-state index contributed by atoms with van der Waals surface area (Å²) in [5.74, 6) is -0.216. The van der Waals surface area contributed by atoms with Gasteiger partial charge in [-0.05, 0) is 43.7 Å². The van der Waals surface area contributed by atoms with Crippen molar-refractivity contribution in [2.75, 3.05) is 26.2 Å². The van der Waals surface area contributed by atoms with E-state index in [0.717, 1.165) is 5.56 Å². The highest BCUT2D eigenvalue weighted by molar-refractivity contribution is 7.89. The summed E-state index contributed by atoms with van der Waals surface area (Å²) in [5.41, 5.74) is 1.37. The minimum absolute atomic E-state index is 0.216. The number of sulfonamides is 1. The van der Waals surface area contributed by atoms with E-state index >= 15 is 0 Å². The maximum atomic E-state index is 12.9. The average Bonchev–Trinajstić information content (AvgIpc) is 2.88. The van der Waals surface area contributed by atoms with Crippen molar-refractivity contribution < 1.29 is 13.2 Å². The van der Waals surface area contributed by atoms with Gasteiger partial charge in [0.1, 0.15) is 0 Å². The summed E-state index contributed by atoms with van der Waals surface area (Å²) in [6, 6.07) is 11.5. The first-order valence-corrected chi connectivity index (χ1v) is 10.8. The lowest BCUT2D eigenvalue weighted by atomic mass is 10.2. The monoisotopic (exact) mass is 426 g/mol.